The molecule has 8 nitrogen and oxygen atoms in total. The van der Waals surface area contributed by atoms with Crippen LogP contribution < -0.4 is 19.5 Å². The average molecular weight is 383 g/mol. The van der Waals surface area contributed by atoms with Crippen LogP contribution in [0.15, 0.2) is 47.0 Å². The minimum Gasteiger partial charge on any atom is -0.496 e. The van der Waals surface area contributed by atoms with Crippen LogP contribution >= 0.6 is 0 Å². The Morgan fingerprint density at radius 3 is 2.29 bits per heavy atom. The highest BCUT2D eigenvalue weighted by Crippen LogP contribution is 2.28. The number of carbonyl (C=O) groups is 1. The highest BCUT2D eigenvalue weighted by molar-refractivity contribution is 5.99. The zero-order valence-corrected chi connectivity index (χ0v) is 15.9. The lowest BCUT2D eigenvalue weighted by Crippen LogP contribution is -2.26. The van der Waals surface area contributed by atoms with E-state index in [1.54, 1.807) is 25.3 Å². The summed E-state index contributed by atoms with van der Waals surface area (Å²) in [7, 11) is 4.59. The van der Waals surface area contributed by atoms with E-state index in [0.29, 0.717) is 47.5 Å². The summed E-state index contributed by atoms with van der Waals surface area (Å²) in [5.41, 5.74) is 1.08. The van der Waals surface area contributed by atoms with E-state index >= 15 is 0 Å². The molecule has 0 fully saturated rings. The van der Waals surface area contributed by atoms with E-state index in [9.17, 15) is 4.79 Å². The van der Waals surface area contributed by atoms with Gasteiger partial charge in [0.25, 0.3) is 5.91 Å². The van der Waals surface area contributed by atoms with E-state index in [1.807, 2.05) is 24.3 Å². The fraction of sp³-hybridized carbons (Fsp3) is 0.250. The molecule has 0 aliphatic rings. The maximum Gasteiger partial charge on any atom is 0.258 e. The van der Waals surface area contributed by atoms with Crippen molar-refractivity contribution in [3.05, 3.63) is 53.9 Å². The topological polar surface area (TPSA) is 95.7 Å². The van der Waals surface area contributed by atoms with Crippen molar-refractivity contribution >= 4 is 5.91 Å². The summed E-state index contributed by atoms with van der Waals surface area (Å²) >= 11 is 0. The molecular weight excluding hydrogens is 362 g/mol. The molecule has 3 aromatic rings. The van der Waals surface area contributed by atoms with Crippen LogP contribution in [0.25, 0.3) is 11.4 Å². The third kappa shape index (κ3) is 4.06. The Morgan fingerprint density at radius 2 is 1.61 bits per heavy atom. The molecule has 0 bridgehead atoms. The van der Waals surface area contributed by atoms with Crippen molar-refractivity contribution in [1.82, 2.24) is 15.5 Å². The second-order valence-electron chi connectivity index (χ2n) is 5.76. The molecule has 3 rings (SSSR count). The van der Waals surface area contributed by atoms with Crippen LogP contribution in [0.2, 0.25) is 0 Å². The van der Waals surface area contributed by atoms with Gasteiger partial charge in [-0.2, -0.15) is 4.98 Å². The Kier molecular flexibility index (Phi) is 6.11. The molecule has 0 saturated carbocycles. The minimum atomic E-state index is -0.307. The third-order valence-electron chi connectivity index (χ3n) is 4.10. The maximum absolute atomic E-state index is 12.6. The predicted octanol–water partition coefficient (Wildman–Crippen LogP) is 2.73. The van der Waals surface area contributed by atoms with Gasteiger partial charge in [-0.15, -0.1) is 0 Å². The lowest BCUT2D eigenvalue weighted by molar-refractivity contribution is 0.0947. The monoisotopic (exact) mass is 383 g/mol. The van der Waals surface area contributed by atoms with Crippen LogP contribution in [-0.2, 0) is 6.42 Å². The van der Waals surface area contributed by atoms with Gasteiger partial charge in [0.1, 0.15) is 22.8 Å². The first-order valence-corrected chi connectivity index (χ1v) is 8.63. The van der Waals surface area contributed by atoms with E-state index in [2.05, 4.69) is 15.5 Å². The van der Waals surface area contributed by atoms with Gasteiger partial charge in [-0.25, -0.2) is 0 Å². The van der Waals surface area contributed by atoms with E-state index in [0.717, 1.165) is 5.56 Å². The smallest absolute Gasteiger partial charge is 0.258 e. The van der Waals surface area contributed by atoms with Gasteiger partial charge in [0, 0.05) is 13.0 Å². The van der Waals surface area contributed by atoms with Crippen molar-refractivity contribution in [3.8, 4) is 28.6 Å². The summed E-state index contributed by atoms with van der Waals surface area (Å²) < 4.78 is 21.1. The maximum atomic E-state index is 12.6. The van der Waals surface area contributed by atoms with Gasteiger partial charge in [0.05, 0.1) is 26.9 Å². The van der Waals surface area contributed by atoms with Crippen molar-refractivity contribution < 1.29 is 23.5 Å². The number of hydrogen-bond donors (Lipinski definition) is 1. The molecule has 28 heavy (non-hydrogen) atoms. The molecule has 1 heterocycles. The van der Waals surface area contributed by atoms with Gasteiger partial charge in [0.2, 0.25) is 11.7 Å². The highest BCUT2D eigenvalue weighted by Gasteiger charge is 2.18. The number of carbonyl (C=O) groups excluding carboxylic acids is 1. The Hall–Kier alpha value is -3.55. The average Bonchev–Trinajstić information content (AvgIpc) is 3.21. The Bertz CT molecular complexity index is 932. The molecule has 146 valence electrons. The molecule has 0 radical (unpaired) electrons. The summed E-state index contributed by atoms with van der Waals surface area (Å²) in [5, 5.41) is 6.80. The van der Waals surface area contributed by atoms with Crippen molar-refractivity contribution in [2.24, 2.45) is 0 Å². The first-order chi connectivity index (χ1) is 13.7. The van der Waals surface area contributed by atoms with Crippen LogP contribution in [-0.4, -0.2) is 43.9 Å². The second-order valence-corrected chi connectivity index (χ2v) is 5.76. The fourth-order valence-electron chi connectivity index (χ4n) is 2.74. The van der Waals surface area contributed by atoms with Crippen LogP contribution in [0.5, 0.6) is 17.2 Å². The van der Waals surface area contributed by atoms with Gasteiger partial charge < -0.3 is 24.1 Å². The second kappa shape index (κ2) is 8.90. The highest BCUT2D eigenvalue weighted by atomic mass is 16.5. The Balaban J connectivity index is 1.65. The van der Waals surface area contributed by atoms with Gasteiger partial charge in [-0.1, -0.05) is 23.4 Å². The number of aromatic nitrogens is 2. The van der Waals surface area contributed by atoms with E-state index in [1.165, 1.54) is 14.2 Å². The molecule has 0 aliphatic carbocycles. The number of rotatable bonds is 8. The van der Waals surface area contributed by atoms with Crippen molar-refractivity contribution in [1.29, 1.82) is 0 Å². The third-order valence-corrected chi connectivity index (χ3v) is 4.10. The van der Waals surface area contributed by atoms with E-state index < -0.39 is 0 Å². The first-order valence-electron chi connectivity index (χ1n) is 8.63. The first kappa shape index (κ1) is 19.2. The molecule has 2 aromatic carbocycles. The number of amides is 1. The molecule has 0 unspecified atom stereocenters. The number of ether oxygens (including phenoxy) is 3. The van der Waals surface area contributed by atoms with Crippen LogP contribution in [0.4, 0.5) is 0 Å². The summed E-state index contributed by atoms with van der Waals surface area (Å²) in [6, 6.07) is 12.6. The van der Waals surface area contributed by atoms with Crippen molar-refractivity contribution in [2.45, 2.75) is 6.42 Å². The summed E-state index contributed by atoms with van der Waals surface area (Å²) in [6.45, 7) is 0.313. The largest absolute Gasteiger partial charge is 0.496 e. The molecule has 0 saturated heterocycles. The molecule has 1 aromatic heterocycles. The fourth-order valence-corrected chi connectivity index (χ4v) is 2.74. The van der Waals surface area contributed by atoms with Gasteiger partial charge in [0.15, 0.2) is 0 Å². The van der Waals surface area contributed by atoms with E-state index in [-0.39, 0.29) is 5.91 Å². The molecule has 0 spiro atoms. The van der Waals surface area contributed by atoms with Crippen LogP contribution in [0.1, 0.15) is 16.2 Å². The summed E-state index contributed by atoms with van der Waals surface area (Å²) in [5.74, 6) is 2.07. The van der Waals surface area contributed by atoms with Crippen LogP contribution in [0, 0.1) is 0 Å². The zero-order chi connectivity index (χ0) is 19.9. The molecule has 1 amide bonds. The Morgan fingerprint density at radius 1 is 0.964 bits per heavy atom. The standard InChI is InChI=1S/C20H21N3O5/c1-25-14-8-5-4-7-13(14)19-22-17(28-23-19)11-12-21-20(24)18-15(26-2)9-6-10-16(18)27-3/h4-10H,11-12H2,1-3H3,(H,21,24). The quantitative estimate of drug-likeness (QED) is 0.639. The molecule has 8 heteroatoms. The number of hydrogen-bond acceptors (Lipinski definition) is 7. The van der Waals surface area contributed by atoms with Gasteiger partial charge >= 0.3 is 0 Å². The lowest BCUT2D eigenvalue weighted by Gasteiger charge is -2.12. The number of benzene rings is 2. The number of methoxy groups -OCH3 is 3. The zero-order valence-electron chi connectivity index (χ0n) is 15.9. The predicted molar refractivity (Wildman–Crippen MR) is 102 cm³/mol. The van der Waals surface area contributed by atoms with Crippen LogP contribution in [0.3, 0.4) is 0 Å². The molecule has 0 aliphatic heterocycles. The molecule has 0 atom stereocenters. The SMILES string of the molecule is COc1ccccc1-c1noc(CCNC(=O)c2c(OC)cccc2OC)n1. The number of nitrogens with one attached hydrogen (secondary N) is 1. The number of para-hydroxylation sites is 1. The van der Waals surface area contributed by atoms with E-state index in [4.69, 9.17) is 18.7 Å². The summed E-state index contributed by atoms with van der Waals surface area (Å²) in [6.07, 6.45) is 0.380. The van der Waals surface area contributed by atoms with Crippen molar-refractivity contribution in [3.63, 3.8) is 0 Å². The number of nitrogens with zero attached hydrogens (tertiary/aromatic N) is 2. The lowest BCUT2D eigenvalue weighted by atomic mass is 10.1. The normalized spacial score (nSPS) is 10.4. The molecular formula is C20H21N3O5. The van der Waals surface area contributed by atoms with Gasteiger partial charge in [-0.05, 0) is 24.3 Å². The van der Waals surface area contributed by atoms with Gasteiger partial charge in [-0.3, -0.25) is 4.79 Å². The molecule has 1 N–H and O–H groups in total. The summed E-state index contributed by atoms with van der Waals surface area (Å²) in [4.78, 5) is 16.9. The minimum absolute atomic E-state index is 0.307. The van der Waals surface area contributed by atoms with Crippen molar-refractivity contribution in [2.75, 3.05) is 27.9 Å². The Labute approximate surface area is 162 Å².